The van der Waals surface area contributed by atoms with Crippen molar-refractivity contribution in [2.75, 3.05) is 13.6 Å². The second-order valence-electron chi connectivity index (χ2n) is 6.60. The number of amides is 3. The minimum Gasteiger partial charge on any atom is -0.340 e. The topological polar surface area (TPSA) is 57.7 Å². The van der Waals surface area contributed by atoms with E-state index in [9.17, 15) is 18.8 Å². The SMILES string of the molecule is CN(Cc1ccccc1F)C(=O)CN1C(=O)[C@@H]2CCCC[C@H]2C1=O. The van der Waals surface area contributed by atoms with Crippen molar-refractivity contribution in [2.45, 2.75) is 32.2 Å². The fourth-order valence-electron chi connectivity index (χ4n) is 3.61. The summed E-state index contributed by atoms with van der Waals surface area (Å²) in [6.45, 7) is -0.149. The van der Waals surface area contributed by atoms with Gasteiger partial charge in [-0.2, -0.15) is 0 Å². The van der Waals surface area contributed by atoms with Crippen molar-refractivity contribution < 1.29 is 18.8 Å². The average Bonchev–Trinajstić information content (AvgIpc) is 2.82. The van der Waals surface area contributed by atoms with E-state index >= 15 is 0 Å². The summed E-state index contributed by atoms with van der Waals surface area (Å²) in [6.07, 6.45) is 3.36. The summed E-state index contributed by atoms with van der Waals surface area (Å²) in [5.41, 5.74) is 0.404. The van der Waals surface area contributed by atoms with E-state index in [1.54, 1.807) is 25.2 Å². The van der Waals surface area contributed by atoms with Crippen LogP contribution in [0.4, 0.5) is 4.39 Å². The van der Waals surface area contributed by atoms with Crippen molar-refractivity contribution in [3.05, 3.63) is 35.6 Å². The molecule has 1 aromatic rings. The minimum absolute atomic E-state index is 0.106. The normalized spacial score (nSPS) is 23.3. The zero-order valence-electron chi connectivity index (χ0n) is 13.7. The second-order valence-corrected chi connectivity index (χ2v) is 6.60. The molecule has 1 saturated heterocycles. The predicted molar refractivity (Wildman–Crippen MR) is 85.0 cm³/mol. The molecule has 0 N–H and O–H groups in total. The number of carbonyl (C=O) groups is 3. The Balaban J connectivity index is 1.65. The summed E-state index contributed by atoms with van der Waals surface area (Å²) >= 11 is 0. The van der Waals surface area contributed by atoms with Crippen molar-refractivity contribution in [1.29, 1.82) is 0 Å². The number of fused-ring (bicyclic) bond motifs is 1. The van der Waals surface area contributed by atoms with Gasteiger partial charge < -0.3 is 4.90 Å². The van der Waals surface area contributed by atoms with E-state index in [1.807, 2.05) is 0 Å². The summed E-state index contributed by atoms with van der Waals surface area (Å²) in [4.78, 5) is 39.6. The van der Waals surface area contributed by atoms with Gasteiger partial charge in [0.25, 0.3) is 0 Å². The molecule has 1 heterocycles. The first-order chi connectivity index (χ1) is 11.5. The van der Waals surface area contributed by atoms with Gasteiger partial charge in [0, 0.05) is 19.2 Å². The molecule has 0 bridgehead atoms. The molecule has 1 saturated carbocycles. The van der Waals surface area contributed by atoms with E-state index in [2.05, 4.69) is 0 Å². The van der Waals surface area contributed by atoms with E-state index in [1.165, 1.54) is 11.0 Å². The van der Waals surface area contributed by atoms with Gasteiger partial charge >= 0.3 is 0 Å². The lowest BCUT2D eigenvalue weighted by Crippen LogP contribution is -2.41. The number of halogens is 1. The first kappa shape index (κ1) is 16.6. The highest BCUT2D eigenvalue weighted by Crippen LogP contribution is 2.37. The number of benzene rings is 1. The Hall–Kier alpha value is -2.24. The third-order valence-electron chi connectivity index (χ3n) is 5.02. The molecular weight excluding hydrogens is 311 g/mol. The minimum atomic E-state index is -0.378. The van der Waals surface area contributed by atoms with Gasteiger partial charge in [-0.15, -0.1) is 0 Å². The van der Waals surface area contributed by atoms with Crippen LogP contribution in [0.2, 0.25) is 0 Å². The van der Waals surface area contributed by atoms with Crippen molar-refractivity contribution >= 4 is 17.7 Å². The van der Waals surface area contributed by atoms with Gasteiger partial charge in [-0.3, -0.25) is 19.3 Å². The summed E-state index contributed by atoms with van der Waals surface area (Å²) < 4.78 is 13.7. The molecule has 24 heavy (non-hydrogen) atoms. The third-order valence-corrected chi connectivity index (χ3v) is 5.02. The summed E-state index contributed by atoms with van der Waals surface area (Å²) in [7, 11) is 1.55. The highest BCUT2D eigenvalue weighted by atomic mass is 19.1. The maximum Gasteiger partial charge on any atom is 0.242 e. The first-order valence-electron chi connectivity index (χ1n) is 8.31. The number of rotatable bonds is 4. The number of carbonyl (C=O) groups excluding carboxylic acids is 3. The average molecular weight is 332 g/mol. The number of hydrogen-bond donors (Lipinski definition) is 0. The van der Waals surface area contributed by atoms with Crippen LogP contribution >= 0.6 is 0 Å². The number of imide groups is 1. The molecule has 2 fully saturated rings. The Morgan fingerprint density at radius 3 is 2.33 bits per heavy atom. The molecule has 5 nitrogen and oxygen atoms in total. The van der Waals surface area contributed by atoms with Crippen LogP contribution in [-0.4, -0.2) is 41.1 Å². The van der Waals surface area contributed by atoms with Crippen LogP contribution in [0.5, 0.6) is 0 Å². The van der Waals surface area contributed by atoms with E-state index in [0.29, 0.717) is 5.56 Å². The number of likely N-dealkylation sites (tertiary alicyclic amines) is 1. The second kappa shape index (κ2) is 6.71. The lowest BCUT2D eigenvalue weighted by Gasteiger charge is -2.21. The molecule has 0 radical (unpaired) electrons. The lowest BCUT2D eigenvalue weighted by atomic mass is 9.81. The number of hydrogen-bond acceptors (Lipinski definition) is 3. The van der Waals surface area contributed by atoms with Crippen LogP contribution in [0, 0.1) is 17.7 Å². The number of nitrogens with zero attached hydrogens (tertiary/aromatic N) is 2. The Morgan fingerprint density at radius 2 is 1.75 bits per heavy atom. The molecule has 1 aliphatic carbocycles. The Bertz CT molecular complexity index is 652. The maximum atomic E-state index is 13.7. The smallest absolute Gasteiger partial charge is 0.242 e. The van der Waals surface area contributed by atoms with Crippen molar-refractivity contribution in [3.63, 3.8) is 0 Å². The molecule has 0 unspecified atom stereocenters. The standard InChI is InChI=1S/C18H21FN2O3/c1-20(10-12-6-2-5-9-15(12)19)16(22)11-21-17(23)13-7-3-4-8-14(13)18(21)24/h2,5-6,9,13-14H,3-4,7-8,10-11H2,1H3/t13-,14-/m1/s1. The van der Waals surface area contributed by atoms with Gasteiger partial charge in [-0.05, 0) is 18.9 Å². The Labute approximate surface area is 140 Å². The van der Waals surface area contributed by atoms with Crippen LogP contribution in [0.25, 0.3) is 0 Å². The quantitative estimate of drug-likeness (QED) is 0.792. The van der Waals surface area contributed by atoms with Gasteiger partial charge in [-0.1, -0.05) is 31.0 Å². The van der Waals surface area contributed by atoms with Crippen LogP contribution in [0.1, 0.15) is 31.2 Å². The molecule has 3 amide bonds. The molecule has 128 valence electrons. The van der Waals surface area contributed by atoms with Crippen LogP contribution < -0.4 is 0 Å². The molecule has 6 heteroatoms. The van der Waals surface area contributed by atoms with E-state index in [-0.39, 0.29) is 48.5 Å². The van der Waals surface area contributed by atoms with Gasteiger partial charge in [-0.25, -0.2) is 4.39 Å². The molecule has 1 aliphatic heterocycles. The van der Waals surface area contributed by atoms with Gasteiger partial charge in [0.05, 0.1) is 11.8 Å². The molecule has 1 aromatic carbocycles. The zero-order chi connectivity index (χ0) is 17.3. The fourth-order valence-corrected chi connectivity index (χ4v) is 3.61. The Kier molecular flexibility index (Phi) is 4.64. The zero-order valence-corrected chi connectivity index (χ0v) is 13.7. The largest absolute Gasteiger partial charge is 0.340 e. The first-order valence-corrected chi connectivity index (χ1v) is 8.31. The van der Waals surface area contributed by atoms with E-state index in [0.717, 1.165) is 30.6 Å². The maximum absolute atomic E-state index is 13.7. The lowest BCUT2D eigenvalue weighted by molar-refractivity contribution is -0.146. The van der Waals surface area contributed by atoms with Gasteiger partial charge in [0.2, 0.25) is 17.7 Å². The highest BCUT2D eigenvalue weighted by Gasteiger charge is 2.48. The molecule has 0 aromatic heterocycles. The van der Waals surface area contributed by atoms with E-state index in [4.69, 9.17) is 0 Å². The molecule has 0 spiro atoms. The van der Waals surface area contributed by atoms with Crippen LogP contribution in [0.15, 0.2) is 24.3 Å². The van der Waals surface area contributed by atoms with Crippen molar-refractivity contribution in [3.8, 4) is 0 Å². The highest BCUT2D eigenvalue weighted by molar-refractivity contribution is 6.07. The van der Waals surface area contributed by atoms with Crippen molar-refractivity contribution in [1.82, 2.24) is 9.80 Å². The van der Waals surface area contributed by atoms with Crippen LogP contribution in [-0.2, 0) is 20.9 Å². The Morgan fingerprint density at radius 1 is 1.17 bits per heavy atom. The van der Waals surface area contributed by atoms with Gasteiger partial charge in [0.15, 0.2) is 0 Å². The molecular formula is C18H21FN2O3. The number of likely N-dealkylation sites (N-methyl/N-ethyl adjacent to an activating group) is 1. The molecule has 2 aliphatic rings. The third kappa shape index (κ3) is 3.05. The fraction of sp³-hybridized carbons (Fsp3) is 0.500. The predicted octanol–water partition coefficient (Wildman–Crippen LogP) is 1.96. The van der Waals surface area contributed by atoms with Crippen LogP contribution in [0.3, 0.4) is 0 Å². The van der Waals surface area contributed by atoms with E-state index < -0.39 is 0 Å². The monoisotopic (exact) mass is 332 g/mol. The van der Waals surface area contributed by atoms with Crippen molar-refractivity contribution in [2.24, 2.45) is 11.8 Å². The summed E-state index contributed by atoms with van der Waals surface area (Å²) in [5, 5.41) is 0. The summed E-state index contributed by atoms with van der Waals surface area (Å²) in [6, 6.07) is 6.24. The van der Waals surface area contributed by atoms with Gasteiger partial charge in [0.1, 0.15) is 12.4 Å². The molecule has 3 rings (SSSR count). The summed E-state index contributed by atoms with van der Waals surface area (Å²) in [5.74, 6) is -1.70. The molecule has 2 atom stereocenters.